The fraction of sp³-hybridized carbons (Fsp3) is 0.667. The summed E-state index contributed by atoms with van der Waals surface area (Å²) in [6.45, 7) is 9.66. The number of ether oxygens (including phenoxy) is 2. The number of carbonyl (C=O) groups excluding carboxylic acids is 1. The number of alkyl carbamates (subject to hydrolysis) is 1. The van der Waals surface area contributed by atoms with Crippen molar-refractivity contribution in [3.63, 3.8) is 0 Å². The number of rotatable bonds is 3. The maximum Gasteiger partial charge on any atom is 0.408 e. The molecule has 1 atom stereocenters. The summed E-state index contributed by atoms with van der Waals surface area (Å²) in [5.41, 5.74) is -0.347. The Morgan fingerprint density at radius 3 is 2.70 bits per heavy atom. The van der Waals surface area contributed by atoms with Gasteiger partial charge in [0.05, 0.1) is 24.9 Å². The first kappa shape index (κ1) is 17.3. The van der Waals surface area contributed by atoms with Gasteiger partial charge in [0.25, 0.3) is 5.56 Å². The van der Waals surface area contributed by atoms with Crippen LogP contribution in [0.3, 0.4) is 0 Å². The van der Waals surface area contributed by atoms with Gasteiger partial charge in [0, 0.05) is 19.2 Å². The zero-order valence-corrected chi connectivity index (χ0v) is 14.0. The van der Waals surface area contributed by atoms with E-state index < -0.39 is 17.7 Å². The second-order valence-electron chi connectivity index (χ2n) is 6.46. The van der Waals surface area contributed by atoms with Gasteiger partial charge in [-0.15, -0.1) is 0 Å². The van der Waals surface area contributed by atoms with Crippen molar-refractivity contribution in [2.45, 2.75) is 39.3 Å². The summed E-state index contributed by atoms with van der Waals surface area (Å²) in [6.07, 6.45) is -0.542. The van der Waals surface area contributed by atoms with Gasteiger partial charge in [-0.05, 0) is 27.7 Å². The predicted molar refractivity (Wildman–Crippen MR) is 85.7 cm³/mol. The summed E-state index contributed by atoms with van der Waals surface area (Å²) < 4.78 is 10.5. The number of H-pyrrole nitrogens is 1. The number of amides is 1. The molecule has 2 heterocycles. The molecule has 0 spiro atoms. The number of aromatic nitrogens is 2. The van der Waals surface area contributed by atoms with Crippen LogP contribution in [0.5, 0.6) is 0 Å². The summed E-state index contributed by atoms with van der Waals surface area (Å²) >= 11 is 0. The Labute approximate surface area is 135 Å². The first-order valence-corrected chi connectivity index (χ1v) is 7.68. The molecule has 2 rings (SSSR count). The van der Waals surface area contributed by atoms with Gasteiger partial charge in [-0.3, -0.25) is 9.78 Å². The average molecular weight is 324 g/mol. The summed E-state index contributed by atoms with van der Waals surface area (Å²) in [6, 6.07) is 0.943. The smallest absolute Gasteiger partial charge is 0.408 e. The van der Waals surface area contributed by atoms with Crippen LogP contribution in [0, 0.1) is 0 Å². The molecule has 1 aliphatic rings. The van der Waals surface area contributed by atoms with Crippen molar-refractivity contribution in [3.8, 4) is 0 Å². The zero-order valence-electron chi connectivity index (χ0n) is 14.0. The van der Waals surface area contributed by atoms with Crippen molar-refractivity contribution < 1.29 is 14.3 Å². The molecule has 0 unspecified atom stereocenters. The third kappa shape index (κ3) is 5.24. The molecule has 1 saturated heterocycles. The van der Waals surface area contributed by atoms with E-state index in [9.17, 15) is 9.59 Å². The Balaban J connectivity index is 2.10. The molecule has 0 aromatic carbocycles. The zero-order chi connectivity index (χ0) is 17.0. The summed E-state index contributed by atoms with van der Waals surface area (Å²) in [5.74, 6) is 0.494. The van der Waals surface area contributed by atoms with Crippen LogP contribution < -0.4 is 15.8 Å². The number of nitrogens with zero attached hydrogens (tertiary/aromatic N) is 2. The number of hydrogen-bond acceptors (Lipinski definition) is 6. The molecule has 1 amide bonds. The fourth-order valence-corrected chi connectivity index (χ4v) is 2.17. The van der Waals surface area contributed by atoms with Gasteiger partial charge in [0.15, 0.2) is 0 Å². The van der Waals surface area contributed by atoms with E-state index in [1.54, 1.807) is 27.7 Å². The lowest BCUT2D eigenvalue weighted by Gasteiger charge is -2.27. The Kier molecular flexibility index (Phi) is 5.25. The van der Waals surface area contributed by atoms with E-state index in [-0.39, 0.29) is 5.56 Å². The lowest BCUT2D eigenvalue weighted by molar-refractivity contribution is 0.0507. The normalized spacial score (nSPS) is 16.8. The Morgan fingerprint density at radius 1 is 1.43 bits per heavy atom. The molecule has 128 valence electrons. The third-order valence-electron chi connectivity index (χ3n) is 3.24. The summed E-state index contributed by atoms with van der Waals surface area (Å²) in [4.78, 5) is 32.8. The number of carbonyl (C=O) groups is 1. The van der Waals surface area contributed by atoms with Gasteiger partial charge in [0.1, 0.15) is 5.60 Å². The number of morpholine rings is 1. The van der Waals surface area contributed by atoms with Gasteiger partial charge in [0.2, 0.25) is 5.95 Å². The second kappa shape index (κ2) is 6.99. The summed E-state index contributed by atoms with van der Waals surface area (Å²) in [5, 5.41) is 2.69. The van der Waals surface area contributed by atoms with Gasteiger partial charge in [-0.25, -0.2) is 9.78 Å². The predicted octanol–water partition coefficient (Wildman–Crippen LogP) is 1.19. The average Bonchev–Trinajstić information content (AvgIpc) is 2.45. The lowest BCUT2D eigenvalue weighted by Crippen LogP contribution is -2.39. The molecule has 1 aromatic rings. The topological polar surface area (TPSA) is 96.5 Å². The number of aromatic amines is 1. The van der Waals surface area contributed by atoms with Crippen LogP contribution in [-0.4, -0.2) is 48.0 Å². The minimum Gasteiger partial charge on any atom is -0.444 e. The number of anilines is 1. The minimum atomic E-state index is -0.579. The minimum absolute atomic E-state index is 0.255. The van der Waals surface area contributed by atoms with Crippen LogP contribution in [0.15, 0.2) is 10.9 Å². The molecule has 0 radical (unpaired) electrons. The van der Waals surface area contributed by atoms with E-state index in [4.69, 9.17) is 9.47 Å². The quantitative estimate of drug-likeness (QED) is 0.867. The van der Waals surface area contributed by atoms with Crippen molar-refractivity contribution >= 4 is 12.0 Å². The molecule has 1 aromatic heterocycles. The van der Waals surface area contributed by atoms with Crippen molar-refractivity contribution in [1.82, 2.24) is 15.3 Å². The van der Waals surface area contributed by atoms with Crippen LogP contribution in [0.2, 0.25) is 0 Å². The number of hydrogen-bond donors (Lipinski definition) is 2. The van der Waals surface area contributed by atoms with Gasteiger partial charge < -0.3 is 19.7 Å². The molecule has 23 heavy (non-hydrogen) atoms. The highest BCUT2D eigenvalue weighted by atomic mass is 16.6. The lowest BCUT2D eigenvalue weighted by atomic mass is 10.2. The molecule has 2 N–H and O–H groups in total. The standard InChI is InChI=1S/C15H24N4O4/c1-10(16-14(21)23-15(2,3)4)11-9-12(20)18-13(17-11)19-5-7-22-8-6-19/h9-10H,5-8H2,1-4H3,(H,16,21)(H,17,18,20)/t10-/m0/s1. The van der Waals surface area contributed by atoms with Crippen LogP contribution in [0.25, 0.3) is 0 Å². The van der Waals surface area contributed by atoms with Crippen molar-refractivity contribution in [1.29, 1.82) is 0 Å². The fourth-order valence-electron chi connectivity index (χ4n) is 2.17. The highest BCUT2D eigenvalue weighted by Crippen LogP contribution is 2.14. The van der Waals surface area contributed by atoms with Gasteiger partial charge >= 0.3 is 6.09 Å². The maximum atomic E-state index is 11.9. The van der Waals surface area contributed by atoms with Gasteiger partial charge in [-0.1, -0.05) is 0 Å². The van der Waals surface area contributed by atoms with Crippen LogP contribution in [0.4, 0.5) is 10.7 Å². The molecule has 0 bridgehead atoms. The highest BCUT2D eigenvalue weighted by molar-refractivity contribution is 5.68. The Bertz CT molecular complexity index is 602. The molecular formula is C15H24N4O4. The third-order valence-corrected chi connectivity index (χ3v) is 3.24. The van der Waals surface area contributed by atoms with Crippen molar-refractivity contribution in [2.24, 2.45) is 0 Å². The first-order valence-electron chi connectivity index (χ1n) is 7.68. The van der Waals surface area contributed by atoms with E-state index in [1.807, 2.05) is 4.90 Å². The maximum absolute atomic E-state index is 11.9. The summed E-state index contributed by atoms with van der Waals surface area (Å²) in [7, 11) is 0. The molecule has 1 fully saturated rings. The molecule has 1 aliphatic heterocycles. The van der Waals surface area contributed by atoms with Crippen LogP contribution >= 0.6 is 0 Å². The molecule has 0 saturated carbocycles. The van der Waals surface area contributed by atoms with E-state index in [1.165, 1.54) is 6.07 Å². The second-order valence-corrected chi connectivity index (χ2v) is 6.46. The first-order chi connectivity index (χ1) is 10.7. The molecule has 8 nitrogen and oxygen atoms in total. The van der Waals surface area contributed by atoms with E-state index in [2.05, 4.69) is 15.3 Å². The van der Waals surface area contributed by atoms with Crippen LogP contribution in [-0.2, 0) is 9.47 Å². The number of nitrogens with one attached hydrogen (secondary N) is 2. The Hall–Kier alpha value is -2.09. The molecule has 8 heteroatoms. The van der Waals surface area contributed by atoms with Crippen LogP contribution in [0.1, 0.15) is 39.4 Å². The van der Waals surface area contributed by atoms with E-state index in [0.29, 0.717) is 37.9 Å². The van der Waals surface area contributed by atoms with Gasteiger partial charge in [-0.2, -0.15) is 0 Å². The van der Waals surface area contributed by atoms with E-state index >= 15 is 0 Å². The molecule has 0 aliphatic carbocycles. The highest BCUT2D eigenvalue weighted by Gasteiger charge is 2.20. The molecular weight excluding hydrogens is 300 g/mol. The van der Waals surface area contributed by atoms with Crippen molar-refractivity contribution in [2.75, 3.05) is 31.2 Å². The monoisotopic (exact) mass is 324 g/mol. The SMILES string of the molecule is C[C@H](NC(=O)OC(C)(C)C)c1cc(=O)[nH]c(N2CCOCC2)n1. The van der Waals surface area contributed by atoms with E-state index in [0.717, 1.165) is 0 Å². The van der Waals surface area contributed by atoms with Crippen molar-refractivity contribution in [3.05, 3.63) is 22.1 Å². The Morgan fingerprint density at radius 2 is 2.09 bits per heavy atom. The largest absolute Gasteiger partial charge is 0.444 e.